The minimum atomic E-state index is 0.494. The van der Waals surface area contributed by atoms with Gasteiger partial charge in [-0.25, -0.2) is 9.97 Å². The molecule has 1 aromatic heterocycles. The fourth-order valence-electron chi connectivity index (χ4n) is 1.72. The van der Waals surface area contributed by atoms with Gasteiger partial charge in [-0.1, -0.05) is 23.8 Å². The fourth-order valence-corrected chi connectivity index (χ4v) is 1.72. The van der Waals surface area contributed by atoms with Crippen molar-refractivity contribution < 1.29 is 0 Å². The predicted octanol–water partition coefficient (Wildman–Crippen LogP) is 2.65. The number of benzene rings is 1. The zero-order valence-corrected chi connectivity index (χ0v) is 9.78. The minimum Gasteiger partial charge on any atom is -0.382 e. The zero-order valence-electron chi connectivity index (χ0n) is 9.78. The summed E-state index contributed by atoms with van der Waals surface area (Å²) in [6, 6.07) is 6.29. The lowest BCUT2D eigenvalue weighted by Gasteiger charge is -2.07. The van der Waals surface area contributed by atoms with Crippen LogP contribution in [-0.4, -0.2) is 9.97 Å². The molecule has 2 N–H and O–H groups in total. The first-order chi connectivity index (χ1) is 7.58. The van der Waals surface area contributed by atoms with Crippen LogP contribution >= 0.6 is 0 Å². The first-order valence-corrected chi connectivity index (χ1v) is 5.24. The van der Waals surface area contributed by atoms with Gasteiger partial charge in [0.15, 0.2) is 0 Å². The van der Waals surface area contributed by atoms with Crippen molar-refractivity contribution in [2.75, 3.05) is 5.73 Å². The van der Waals surface area contributed by atoms with Gasteiger partial charge in [-0.3, -0.25) is 0 Å². The molecule has 3 heteroatoms. The molecule has 0 bridgehead atoms. The van der Waals surface area contributed by atoms with Crippen molar-refractivity contribution in [2.45, 2.75) is 20.8 Å². The maximum Gasteiger partial charge on any atom is 0.144 e. The predicted molar refractivity (Wildman–Crippen MR) is 66.1 cm³/mol. The van der Waals surface area contributed by atoms with Crippen LogP contribution in [0.2, 0.25) is 0 Å². The smallest absolute Gasteiger partial charge is 0.144 e. The Bertz CT molecular complexity index is 533. The van der Waals surface area contributed by atoms with Crippen molar-refractivity contribution in [1.29, 1.82) is 0 Å². The van der Waals surface area contributed by atoms with Gasteiger partial charge >= 0.3 is 0 Å². The van der Waals surface area contributed by atoms with Crippen LogP contribution in [-0.2, 0) is 0 Å². The molecule has 0 aliphatic carbocycles. The second-order valence-electron chi connectivity index (χ2n) is 4.04. The Labute approximate surface area is 95.4 Å². The topological polar surface area (TPSA) is 51.8 Å². The summed E-state index contributed by atoms with van der Waals surface area (Å²) >= 11 is 0. The molecule has 0 unspecified atom stereocenters. The van der Waals surface area contributed by atoms with E-state index in [4.69, 9.17) is 5.73 Å². The van der Waals surface area contributed by atoms with Gasteiger partial charge in [-0.15, -0.1) is 0 Å². The Morgan fingerprint density at radius 3 is 2.50 bits per heavy atom. The van der Waals surface area contributed by atoms with Crippen LogP contribution in [0.3, 0.4) is 0 Å². The highest BCUT2D eigenvalue weighted by Gasteiger charge is 2.05. The summed E-state index contributed by atoms with van der Waals surface area (Å²) in [5.41, 5.74) is 10.9. The van der Waals surface area contributed by atoms with Gasteiger partial charge < -0.3 is 5.73 Å². The summed E-state index contributed by atoms with van der Waals surface area (Å²) in [6.07, 6.45) is 1.72. The van der Waals surface area contributed by atoms with Gasteiger partial charge in [0.1, 0.15) is 5.82 Å². The molecule has 2 rings (SSSR count). The fraction of sp³-hybridized carbons (Fsp3) is 0.231. The van der Waals surface area contributed by atoms with Crippen LogP contribution < -0.4 is 5.73 Å². The van der Waals surface area contributed by atoms with Crippen LogP contribution in [0, 0.1) is 20.8 Å². The SMILES string of the molecule is Cc1ccc(-c2cnc(N)c(C)n2)c(C)c1. The average Bonchev–Trinajstić information content (AvgIpc) is 2.22. The Balaban J connectivity index is 2.54. The van der Waals surface area contributed by atoms with Gasteiger partial charge in [0.05, 0.1) is 17.6 Å². The van der Waals surface area contributed by atoms with Crippen molar-refractivity contribution in [3.8, 4) is 11.3 Å². The van der Waals surface area contributed by atoms with Crippen LogP contribution in [0.25, 0.3) is 11.3 Å². The Hall–Kier alpha value is -1.90. The largest absolute Gasteiger partial charge is 0.382 e. The van der Waals surface area contributed by atoms with Crippen LogP contribution in [0.15, 0.2) is 24.4 Å². The summed E-state index contributed by atoms with van der Waals surface area (Å²) in [6.45, 7) is 6.03. The van der Waals surface area contributed by atoms with E-state index in [0.717, 1.165) is 17.0 Å². The third kappa shape index (κ3) is 1.89. The van der Waals surface area contributed by atoms with Gasteiger partial charge in [0.25, 0.3) is 0 Å². The molecule has 16 heavy (non-hydrogen) atoms. The highest BCUT2D eigenvalue weighted by atomic mass is 14.9. The monoisotopic (exact) mass is 213 g/mol. The lowest BCUT2D eigenvalue weighted by molar-refractivity contribution is 1.13. The van der Waals surface area contributed by atoms with Crippen molar-refractivity contribution in [2.24, 2.45) is 0 Å². The first-order valence-electron chi connectivity index (χ1n) is 5.24. The normalized spacial score (nSPS) is 10.4. The molecule has 0 spiro atoms. The second-order valence-corrected chi connectivity index (χ2v) is 4.04. The minimum absolute atomic E-state index is 0.494. The summed E-state index contributed by atoms with van der Waals surface area (Å²) in [5.74, 6) is 0.494. The first kappa shape index (κ1) is 10.6. The number of anilines is 1. The van der Waals surface area contributed by atoms with Crippen molar-refractivity contribution >= 4 is 5.82 Å². The van der Waals surface area contributed by atoms with E-state index >= 15 is 0 Å². The highest BCUT2D eigenvalue weighted by molar-refractivity contribution is 5.64. The summed E-state index contributed by atoms with van der Waals surface area (Å²) in [4.78, 5) is 8.58. The third-order valence-electron chi connectivity index (χ3n) is 2.64. The van der Waals surface area contributed by atoms with Crippen molar-refractivity contribution in [3.63, 3.8) is 0 Å². The van der Waals surface area contributed by atoms with E-state index in [-0.39, 0.29) is 0 Å². The molecule has 3 nitrogen and oxygen atoms in total. The number of rotatable bonds is 1. The molecule has 2 aromatic rings. The lowest BCUT2D eigenvalue weighted by atomic mass is 10.0. The van der Waals surface area contributed by atoms with E-state index < -0.39 is 0 Å². The quantitative estimate of drug-likeness (QED) is 0.792. The highest BCUT2D eigenvalue weighted by Crippen LogP contribution is 2.22. The van der Waals surface area contributed by atoms with E-state index in [1.54, 1.807) is 6.20 Å². The van der Waals surface area contributed by atoms with E-state index in [2.05, 4.69) is 42.0 Å². The molecular formula is C13H15N3. The maximum absolute atomic E-state index is 5.66. The molecule has 1 aromatic carbocycles. The van der Waals surface area contributed by atoms with E-state index in [0.29, 0.717) is 5.82 Å². The number of nitrogens with two attached hydrogens (primary N) is 1. The number of nitrogen functional groups attached to an aromatic ring is 1. The molecule has 0 amide bonds. The van der Waals surface area contributed by atoms with E-state index in [1.165, 1.54) is 11.1 Å². The number of aryl methyl sites for hydroxylation is 3. The number of hydrogen-bond acceptors (Lipinski definition) is 3. The van der Waals surface area contributed by atoms with Crippen LogP contribution in [0.4, 0.5) is 5.82 Å². The number of nitrogens with zero attached hydrogens (tertiary/aromatic N) is 2. The number of aromatic nitrogens is 2. The maximum atomic E-state index is 5.66. The summed E-state index contributed by atoms with van der Waals surface area (Å²) in [7, 11) is 0. The molecule has 0 saturated heterocycles. The van der Waals surface area contributed by atoms with E-state index in [1.807, 2.05) is 6.92 Å². The molecular weight excluding hydrogens is 198 g/mol. The molecule has 0 fully saturated rings. The molecule has 1 heterocycles. The van der Waals surface area contributed by atoms with Crippen LogP contribution in [0.5, 0.6) is 0 Å². The number of hydrogen-bond donors (Lipinski definition) is 1. The van der Waals surface area contributed by atoms with Crippen molar-refractivity contribution in [1.82, 2.24) is 9.97 Å². The molecule has 0 saturated carbocycles. The molecule has 0 aliphatic rings. The lowest BCUT2D eigenvalue weighted by Crippen LogP contribution is -1.98. The second kappa shape index (κ2) is 3.93. The Morgan fingerprint density at radius 1 is 1.12 bits per heavy atom. The summed E-state index contributed by atoms with van der Waals surface area (Å²) < 4.78 is 0. The molecule has 0 aliphatic heterocycles. The standard InChI is InChI=1S/C13H15N3/c1-8-4-5-11(9(2)6-8)12-7-15-13(14)10(3)16-12/h4-7H,1-3H3,(H2,14,15). The Kier molecular flexibility index (Phi) is 2.60. The van der Waals surface area contributed by atoms with Crippen LogP contribution in [0.1, 0.15) is 16.8 Å². The van der Waals surface area contributed by atoms with E-state index in [9.17, 15) is 0 Å². The third-order valence-corrected chi connectivity index (χ3v) is 2.64. The van der Waals surface area contributed by atoms with Gasteiger partial charge in [-0.05, 0) is 26.3 Å². The van der Waals surface area contributed by atoms with Gasteiger partial charge in [-0.2, -0.15) is 0 Å². The average molecular weight is 213 g/mol. The zero-order chi connectivity index (χ0) is 11.7. The van der Waals surface area contributed by atoms with Gasteiger partial charge in [0.2, 0.25) is 0 Å². The molecule has 82 valence electrons. The summed E-state index contributed by atoms with van der Waals surface area (Å²) in [5, 5.41) is 0. The van der Waals surface area contributed by atoms with Gasteiger partial charge in [0, 0.05) is 5.56 Å². The Morgan fingerprint density at radius 2 is 1.88 bits per heavy atom. The molecule has 0 radical (unpaired) electrons. The molecule has 0 atom stereocenters. The van der Waals surface area contributed by atoms with Crippen molar-refractivity contribution in [3.05, 3.63) is 41.2 Å².